The van der Waals surface area contributed by atoms with Crippen molar-refractivity contribution in [3.63, 3.8) is 0 Å². The van der Waals surface area contributed by atoms with Gasteiger partial charge < -0.3 is 19.9 Å². The third kappa shape index (κ3) is 15.4. The standard InChI is InChI=1S/C23H41N3O3.C4H6S.C4H8/c1-6-19(11-12-24-5)16-28-21-13-20(29-26-21)22(27)25-23(7-2)14-17(3)9-8-10-18(4)15-23;1-2-3-4-5;1-3-4-2/h13,17-19,24H,6-12,14-16H2,1-5H3,(H,25,27);2-5H,1H2;3-4H,1-2H3/b;4-3+;4-3-. The zero-order valence-electron chi connectivity index (χ0n) is 25.1. The van der Waals surface area contributed by atoms with Crippen molar-refractivity contribution in [3.05, 3.63) is 48.1 Å². The summed E-state index contributed by atoms with van der Waals surface area (Å²) in [6.07, 6.45) is 16.2. The van der Waals surface area contributed by atoms with Crippen molar-refractivity contribution < 1.29 is 14.1 Å². The van der Waals surface area contributed by atoms with Crippen LogP contribution >= 0.6 is 12.6 Å². The number of amides is 1. The summed E-state index contributed by atoms with van der Waals surface area (Å²) in [6.45, 7) is 17.9. The van der Waals surface area contributed by atoms with Crippen LogP contribution in [0.3, 0.4) is 0 Å². The summed E-state index contributed by atoms with van der Waals surface area (Å²) < 4.78 is 11.1. The van der Waals surface area contributed by atoms with E-state index in [9.17, 15) is 4.79 Å². The number of hydrogen-bond donors (Lipinski definition) is 3. The van der Waals surface area contributed by atoms with E-state index in [4.69, 9.17) is 9.26 Å². The Kier molecular flexibility index (Phi) is 20.7. The quantitative estimate of drug-likeness (QED) is 0.148. The molecule has 218 valence electrons. The Morgan fingerprint density at radius 3 is 2.34 bits per heavy atom. The van der Waals surface area contributed by atoms with Gasteiger partial charge in [0.05, 0.1) is 12.7 Å². The summed E-state index contributed by atoms with van der Waals surface area (Å²) in [6, 6.07) is 1.62. The third-order valence-electron chi connectivity index (χ3n) is 7.04. The molecule has 1 fully saturated rings. The Morgan fingerprint density at radius 2 is 1.89 bits per heavy atom. The minimum atomic E-state index is -0.184. The van der Waals surface area contributed by atoms with Crippen LogP contribution in [0.15, 0.2) is 46.9 Å². The van der Waals surface area contributed by atoms with Crippen LogP contribution in [0.4, 0.5) is 0 Å². The zero-order valence-corrected chi connectivity index (χ0v) is 26.0. The second-order valence-electron chi connectivity index (χ2n) is 10.4. The minimum Gasteiger partial charge on any atom is -0.475 e. The molecule has 1 aromatic rings. The second kappa shape index (κ2) is 21.9. The fraction of sp³-hybridized carbons (Fsp3) is 0.677. The Morgan fingerprint density at radius 1 is 1.26 bits per heavy atom. The monoisotopic (exact) mass is 549 g/mol. The van der Waals surface area contributed by atoms with Gasteiger partial charge in [0.25, 0.3) is 11.8 Å². The van der Waals surface area contributed by atoms with Gasteiger partial charge in [0.1, 0.15) is 0 Å². The fourth-order valence-electron chi connectivity index (χ4n) is 4.67. The summed E-state index contributed by atoms with van der Waals surface area (Å²) in [7, 11) is 1.96. The second-order valence-corrected chi connectivity index (χ2v) is 10.7. The molecule has 1 aromatic heterocycles. The topological polar surface area (TPSA) is 76.4 Å². The number of allylic oxidation sites excluding steroid dienone is 4. The molecule has 2 rings (SSSR count). The van der Waals surface area contributed by atoms with Crippen molar-refractivity contribution in [2.45, 2.75) is 98.4 Å². The first kappa shape index (κ1) is 36.0. The molecule has 6 nitrogen and oxygen atoms in total. The molecule has 0 radical (unpaired) electrons. The normalized spacial score (nSPS) is 22.3. The van der Waals surface area contributed by atoms with Crippen molar-refractivity contribution in [2.24, 2.45) is 17.8 Å². The number of ether oxygens (including phenoxy) is 1. The first-order valence-corrected chi connectivity index (χ1v) is 14.8. The summed E-state index contributed by atoms with van der Waals surface area (Å²) >= 11 is 3.75. The molecule has 1 amide bonds. The van der Waals surface area contributed by atoms with E-state index in [1.165, 1.54) is 19.3 Å². The van der Waals surface area contributed by atoms with Crippen LogP contribution in [0.25, 0.3) is 0 Å². The maximum atomic E-state index is 12.9. The molecular formula is C31H55N3O3S. The number of aromatic nitrogens is 1. The summed E-state index contributed by atoms with van der Waals surface area (Å²) in [4.78, 5) is 12.9. The summed E-state index contributed by atoms with van der Waals surface area (Å²) in [5.74, 6) is 2.12. The highest BCUT2D eigenvalue weighted by molar-refractivity contribution is 7.83. The van der Waals surface area contributed by atoms with Gasteiger partial charge >= 0.3 is 0 Å². The maximum absolute atomic E-state index is 12.9. The highest BCUT2D eigenvalue weighted by atomic mass is 32.1. The van der Waals surface area contributed by atoms with E-state index in [-0.39, 0.29) is 17.2 Å². The van der Waals surface area contributed by atoms with E-state index < -0.39 is 0 Å². The van der Waals surface area contributed by atoms with Crippen LogP contribution in [0.1, 0.15) is 103 Å². The number of nitrogens with zero attached hydrogens (tertiary/aromatic N) is 1. The Bertz CT molecular complexity index is 790. The lowest BCUT2D eigenvalue weighted by Gasteiger charge is -2.40. The van der Waals surface area contributed by atoms with Gasteiger partial charge in [0.2, 0.25) is 5.76 Å². The van der Waals surface area contributed by atoms with E-state index in [1.54, 1.807) is 23.6 Å². The molecule has 1 saturated carbocycles. The number of rotatable bonds is 11. The molecule has 0 aliphatic heterocycles. The van der Waals surface area contributed by atoms with Crippen molar-refractivity contribution in [3.8, 4) is 5.88 Å². The van der Waals surface area contributed by atoms with Gasteiger partial charge in [0.15, 0.2) is 0 Å². The highest BCUT2D eigenvalue weighted by Gasteiger charge is 2.35. The van der Waals surface area contributed by atoms with E-state index in [0.29, 0.717) is 30.2 Å². The predicted molar refractivity (Wildman–Crippen MR) is 165 cm³/mol. The molecule has 0 saturated heterocycles. The SMILES string of the molecule is C/C=C\C.C=C/C=C/S.CCC(CCNC)COc1cc(C(=O)NC2(CC)CC(C)CCCC(C)C2)on1. The molecule has 0 bridgehead atoms. The average molecular weight is 550 g/mol. The van der Waals surface area contributed by atoms with Crippen LogP contribution in [0.5, 0.6) is 5.88 Å². The number of hydrogen-bond acceptors (Lipinski definition) is 6. The Hall–Kier alpha value is -1.99. The minimum absolute atomic E-state index is 0.176. The summed E-state index contributed by atoms with van der Waals surface area (Å²) in [5, 5.41) is 12.1. The van der Waals surface area contributed by atoms with Gasteiger partial charge in [-0.3, -0.25) is 4.79 Å². The molecule has 1 aliphatic rings. The van der Waals surface area contributed by atoms with E-state index >= 15 is 0 Å². The molecule has 7 heteroatoms. The molecule has 3 atom stereocenters. The van der Waals surface area contributed by atoms with Crippen molar-refractivity contribution in [2.75, 3.05) is 20.2 Å². The van der Waals surface area contributed by atoms with Gasteiger partial charge in [-0.2, -0.15) is 12.6 Å². The number of carbonyl (C=O) groups excluding carboxylic acids is 1. The van der Waals surface area contributed by atoms with Crippen molar-refractivity contribution >= 4 is 18.5 Å². The van der Waals surface area contributed by atoms with Crippen molar-refractivity contribution in [1.29, 1.82) is 0 Å². The van der Waals surface area contributed by atoms with Crippen LogP contribution in [0.2, 0.25) is 0 Å². The lowest BCUT2D eigenvalue weighted by molar-refractivity contribution is 0.0801. The third-order valence-corrected chi connectivity index (χ3v) is 7.21. The molecule has 0 aromatic carbocycles. The van der Waals surface area contributed by atoms with Gasteiger partial charge in [-0.1, -0.05) is 84.3 Å². The smallest absolute Gasteiger partial charge is 0.290 e. The molecule has 38 heavy (non-hydrogen) atoms. The van der Waals surface area contributed by atoms with Crippen molar-refractivity contribution in [1.82, 2.24) is 15.8 Å². The van der Waals surface area contributed by atoms with Gasteiger partial charge in [-0.25, -0.2) is 0 Å². The largest absolute Gasteiger partial charge is 0.475 e. The number of nitrogens with one attached hydrogen (secondary N) is 2. The van der Waals surface area contributed by atoms with Gasteiger partial charge in [-0.15, -0.1) is 0 Å². The number of thiol groups is 1. The maximum Gasteiger partial charge on any atom is 0.290 e. The lowest BCUT2D eigenvalue weighted by atomic mass is 9.74. The number of carbonyl (C=O) groups is 1. The zero-order chi connectivity index (χ0) is 28.8. The van der Waals surface area contributed by atoms with E-state index in [2.05, 4.69) is 62.7 Å². The first-order chi connectivity index (χ1) is 18.2. The predicted octanol–water partition coefficient (Wildman–Crippen LogP) is 8.00. The fourth-order valence-corrected chi connectivity index (χ4v) is 4.79. The van der Waals surface area contributed by atoms with Gasteiger partial charge in [0, 0.05) is 5.54 Å². The van der Waals surface area contributed by atoms with Gasteiger partial charge in [-0.05, 0) is 81.4 Å². The van der Waals surface area contributed by atoms with Crippen LogP contribution < -0.4 is 15.4 Å². The van der Waals surface area contributed by atoms with E-state index in [1.807, 2.05) is 33.0 Å². The molecule has 1 heterocycles. The molecule has 3 unspecified atom stereocenters. The molecule has 0 spiro atoms. The van der Waals surface area contributed by atoms with Crippen LogP contribution in [-0.2, 0) is 0 Å². The Labute approximate surface area is 238 Å². The Balaban J connectivity index is 0.00000131. The first-order valence-electron chi connectivity index (χ1n) is 14.3. The molecule has 1 aliphatic carbocycles. The molecular weight excluding hydrogens is 494 g/mol. The van der Waals surface area contributed by atoms with Crippen LogP contribution in [-0.4, -0.2) is 36.8 Å². The molecule has 2 N–H and O–H groups in total. The highest BCUT2D eigenvalue weighted by Crippen LogP contribution is 2.35. The lowest BCUT2D eigenvalue weighted by Crippen LogP contribution is -2.50. The summed E-state index contributed by atoms with van der Waals surface area (Å²) in [5.41, 5.74) is -0.176. The average Bonchev–Trinajstić information content (AvgIpc) is 3.38. The van der Waals surface area contributed by atoms with E-state index in [0.717, 1.165) is 38.6 Å². The van der Waals surface area contributed by atoms with Crippen LogP contribution in [0, 0.1) is 17.8 Å².